The van der Waals surface area contributed by atoms with Crippen molar-refractivity contribution in [2.24, 2.45) is 7.05 Å². The second kappa shape index (κ2) is 4.57. The van der Waals surface area contributed by atoms with Crippen molar-refractivity contribution in [3.63, 3.8) is 0 Å². The summed E-state index contributed by atoms with van der Waals surface area (Å²) in [5.74, 6) is -0.670. The smallest absolute Gasteiger partial charge is 0.282 e. The summed E-state index contributed by atoms with van der Waals surface area (Å²) in [4.78, 5) is 23.1. The Bertz CT molecular complexity index is 608. The number of hydrogen-bond acceptors (Lipinski definition) is 6. The minimum absolute atomic E-state index is 0.0133. The summed E-state index contributed by atoms with van der Waals surface area (Å²) in [5, 5.41) is 23.9. The van der Waals surface area contributed by atoms with E-state index in [0.29, 0.717) is 0 Å². The van der Waals surface area contributed by atoms with Gasteiger partial charge in [-0.3, -0.25) is 20.2 Å². The van der Waals surface area contributed by atoms with Gasteiger partial charge in [0.05, 0.1) is 12.0 Å². The second-order valence-electron chi connectivity index (χ2n) is 3.33. The largest absolute Gasteiger partial charge is 0.288 e. The number of benzene rings is 1. The number of aromatic nitrogens is 4. The molecular weight excluding hydrogens is 240 g/mol. The zero-order chi connectivity index (χ0) is 13.1. The summed E-state index contributed by atoms with van der Waals surface area (Å²) < 4.78 is 0. The Labute approximate surface area is 101 Å². The number of aryl methyl sites for hydroxylation is 1. The number of nitrogens with one attached hydrogen (secondary N) is 1. The first-order valence-electron chi connectivity index (χ1n) is 4.86. The quantitative estimate of drug-likeness (QED) is 0.619. The zero-order valence-corrected chi connectivity index (χ0v) is 9.27. The van der Waals surface area contributed by atoms with E-state index in [2.05, 4.69) is 20.7 Å². The van der Waals surface area contributed by atoms with Crippen LogP contribution in [0.5, 0.6) is 0 Å². The van der Waals surface area contributed by atoms with Crippen molar-refractivity contribution >= 4 is 17.5 Å². The van der Waals surface area contributed by atoms with E-state index in [1.54, 1.807) is 0 Å². The summed E-state index contributed by atoms with van der Waals surface area (Å²) >= 11 is 0. The standard InChI is InChI=1S/C9H8N6O3/c1-14-12-9(11-13-14)10-8(16)6-4-2-3-5-7(6)15(17)18/h2-5H,1H3,(H,10,12,16). The van der Waals surface area contributed by atoms with Gasteiger partial charge in [-0.15, -0.1) is 5.10 Å². The van der Waals surface area contributed by atoms with E-state index in [4.69, 9.17) is 0 Å². The Morgan fingerprint density at radius 1 is 1.44 bits per heavy atom. The average molecular weight is 248 g/mol. The summed E-state index contributed by atoms with van der Waals surface area (Å²) in [5.41, 5.74) is -0.339. The number of nitro groups is 1. The normalized spacial score (nSPS) is 10.1. The van der Waals surface area contributed by atoms with Crippen molar-refractivity contribution in [2.45, 2.75) is 0 Å². The van der Waals surface area contributed by atoms with Crippen molar-refractivity contribution in [1.82, 2.24) is 20.2 Å². The number of rotatable bonds is 3. The van der Waals surface area contributed by atoms with Gasteiger partial charge in [-0.25, -0.2) is 0 Å². The molecule has 92 valence electrons. The van der Waals surface area contributed by atoms with Crippen molar-refractivity contribution in [3.05, 3.63) is 39.9 Å². The first-order chi connectivity index (χ1) is 8.58. The minimum Gasteiger partial charge on any atom is -0.288 e. The molecule has 2 rings (SSSR count). The Morgan fingerprint density at radius 2 is 2.17 bits per heavy atom. The topological polar surface area (TPSA) is 116 Å². The van der Waals surface area contributed by atoms with Crippen LogP contribution >= 0.6 is 0 Å². The Morgan fingerprint density at radius 3 is 2.78 bits per heavy atom. The van der Waals surface area contributed by atoms with Crippen LogP contribution in [0.2, 0.25) is 0 Å². The molecule has 0 aliphatic carbocycles. The molecule has 0 fully saturated rings. The van der Waals surface area contributed by atoms with Crippen LogP contribution in [0.3, 0.4) is 0 Å². The van der Waals surface area contributed by atoms with Crippen LogP contribution in [-0.2, 0) is 7.05 Å². The van der Waals surface area contributed by atoms with E-state index in [0.717, 1.165) is 4.80 Å². The lowest BCUT2D eigenvalue weighted by molar-refractivity contribution is -0.385. The predicted octanol–water partition coefficient (Wildman–Crippen LogP) is 0.371. The molecule has 1 aromatic heterocycles. The molecule has 0 atom stereocenters. The van der Waals surface area contributed by atoms with Gasteiger partial charge < -0.3 is 0 Å². The zero-order valence-electron chi connectivity index (χ0n) is 9.27. The third-order valence-corrected chi connectivity index (χ3v) is 2.08. The molecule has 9 nitrogen and oxygen atoms in total. The van der Waals surface area contributed by atoms with E-state index < -0.39 is 10.8 Å². The summed E-state index contributed by atoms with van der Waals surface area (Å²) in [6, 6.07) is 5.62. The van der Waals surface area contributed by atoms with Gasteiger partial charge in [-0.05, 0) is 11.3 Å². The predicted molar refractivity (Wildman–Crippen MR) is 59.8 cm³/mol. The lowest BCUT2D eigenvalue weighted by atomic mass is 10.1. The lowest BCUT2D eigenvalue weighted by Gasteiger charge is -2.01. The van der Waals surface area contributed by atoms with Crippen molar-refractivity contribution in [1.29, 1.82) is 0 Å². The van der Waals surface area contributed by atoms with E-state index in [-0.39, 0.29) is 17.2 Å². The number of carbonyl (C=O) groups is 1. The van der Waals surface area contributed by atoms with E-state index in [1.165, 1.54) is 31.3 Å². The molecule has 0 unspecified atom stereocenters. The summed E-state index contributed by atoms with van der Waals surface area (Å²) in [7, 11) is 1.54. The molecule has 0 spiro atoms. The van der Waals surface area contributed by atoms with Crippen LogP contribution in [0.15, 0.2) is 24.3 Å². The molecule has 0 aliphatic rings. The molecule has 1 N–H and O–H groups in total. The molecule has 0 bridgehead atoms. The SMILES string of the molecule is Cn1nnc(NC(=O)c2ccccc2[N+](=O)[O-])n1. The third kappa shape index (κ3) is 2.29. The Balaban J connectivity index is 2.26. The van der Waals surface area contributed by atoms with Crippen molar-refractivity contribution in [3.8, 4) is 0 Å². The molecule has 0 saturated heterocycles. The molecule has 2 aromatic rings. The summed E-state index contributed by atoms with van der Waals surface area (Å²) in [6.07, 6.45) is 0. The maximum atomic E-state index is 11.8. The van der Waals surface area contributed by atoms with Crippen molar-refractivity contribution in [2.75, 3.05) is 5.32 Å². The fourth-order valence-corrected chi connectivity index (χ4v) is 1.33. The van der Waals surface area contributed by atoms with E-state index >= 15 is 0 Å². The van der Waals surface area contributed by atoms with Crippen molar-refractivity contribution < 1.29 is 9.72 Å². The molecule has 9 heteroatoms. The van der Waals surface area contributed by atoms with Gasteiger partial charge in [0.1, 0.15) is 5.56 Å². The molecule has 0 saturated carbocycles. The lowest BCUT2D eigenvalue weighted by Crippen LogP contribution is -2.15. The first-order valence-corrected chi connectivity index (χ1v) is 4.86. The highest BCUT2D eigenvalue weighted by Crippen LogP contribution is 2.18. The minimum atomic E-state index is -0.657. The number of hydrogen-bond donors (Lipinski definition) is 1. The number of nitro benzene ring substituents is 1. The number of para-hydroxylation sites is 1. The van der Waals surface area contributed by atoms with Crippen LogP contribution in [0, 0.1) is 10.1 Å². The fourth-order valence-electron chi connectivity index (χ4n) is 1.33. The molecule has 0 aliphatic heterocycles. The van der Waals surface area contributed by atoms with Gasteiger partial charge in [-0.2, -0.15) is 4.80 Å². The number of anilines is 1. The molecule has 0 radical (unpaired) electrons. The van der Waals surface area contributed by atoms with E-state index in [1.807, 2.05) is 0 Å². The van der Waals surface area contributed by atoms with Crippen LogP contribution < -0.4 is 5.32 Å². The molecule has 18 heavy (non-hydrogen) atoms. The molecule has 1 aromatic carbocycles. The van der Waals surface area contributed by atoms with Crippen LogP contribution in [0.4, 0.5) is 11.6 Å². The number of amides is 1. The third-order valence-electron chi connectivity index (χ3n) is 2.08. The number of tetrazole rings is 1. The monoisotopic (exact) mass is 248 g/mol. The van der Waals surface area contributed by atoms with E-state index in [9.17, 15) is 14.9 Å². The average Bonchev–Trinajstić information content (AvgIpc) is 2.74. The maximum absolute atomic E-state index is 11.8. The highest BCUT2D eigenvalue weighted by Gasteiger charge is 2.20. The highest BCUT2D eigenvalue weighted by atomic mass is 16.6. The Hall–Kier alpha value is -2.84. The van der Waals surface area contributed by atoms with Gasteiger partial charge in [0.15, 0.2) is 0 Å². The maximum Gasteiger partial charge on any atom is 0.282 e. The van der Waals surface area contributed by atoms with Gasteiger partial charge in [-0.1, -0.05) is 17.2 Å². The van der Waals surface area contributed by atoms with Crippen LogP contribution in [-0.4, -0.2) is 31.0 Å². The Kier molecular flexibility index (Phi) is 2.96. The van der Waals surface area contributed by atoms with Crippen LogP contribution in [0.25, 0.3) is 0 Å². The summed E-state index contributed by atoms with van der Waals surface area (Å²) in [6.45, 7) is 0. The van der Waals surface area contributed by atoms with Gasteiger partial charge in [0.2, 0.25) is 0 Å². The molecule has 1 heterocycles. The number of nitrogens with zero attached hydrogens (tertiary/aromatic N) is 5. The van der Waals surface area contributed by atoms with Crippen LogP contribution in [0.1, 0.15) is 10.4 Å². The second-order valence-corrected chi connectivity index (χ2v) is 3.33. The molecular formula is C9H8N6O3. The fraction of sp³-hybridized carbons (Fsp3) is 0.111. The van der Waals surface area contributed by atoms with Gasteiger partial charge >= 0.3 is 0 Å². The van der Waals surface area contributed by atoms with Gasteiger partial charge in [0.25, 0.3) is 17.5 Å². The molecule has 1 amide bonds. The first kappa shape index (κ1) is 11.6. The highest BCUT2D eigenvalue weighted by molar-refractivity contribution is 6.06. The number of carbonyl (C=O) groups excluding carboxylic acids is 1. The van der Waals surface area contributed by atoms with Gasteiger partial charge in [0, 0.05) is 6.07 Å².